The van der Waals surface area contributed by atoms with Crippen molar-refractivity contribution >= 4 is 27.6 Å². The highest BCUT2D eigenvalue weighted by molar-refractivity contribution is 9.10. The number of nitrogen functional groups attached to an aromatic ring is 1. The van der Waals surface area contributed by atoms with Crippen LogP contribution in [0, 0.1) is 0 Å². The molecule has 1 aromatic heterocycles. The molecule has 0 aliphatic heterocycles. The summed E-state index contributed by atoms with van der Waals surface area (Å²) in [5.74, 6) is 0.0943. The van der Waals surface area contributed by atoms with E-state index in [1.165, 1.54) is 0 Å². The molecule has 0 saturated carbocycles. The van der Waals surface area contributed by atoms with Crippen molar-refractivity contribution in [1.82, 2.24) is 4.98 Å². The summed E-state index contributed by atoms with van der Waals surface area (Å²) in [5.41, 5.74) is 7.37. The number of aromatic nitrogens is 1. The Hall–Kier alpha value is -2.08. The average Bonchev–Trinajstić information content (AvgIpc) is 2.44. The van der Waals surface area contributed by atoms with E-state index in [1.807, 2.05) is 13.0 Å². The van der Waals surface area contributed by atoms with E-state index in [4.69, 9.17) is 15.2 Å². The Morgan fingerprint density at radius 2 is 2.10 bits per heavy atom. The van der Waals surface area contributed by atoms with E-state index >= 15 is 0 Å². The van der Waals surface area contributed by atoms with Gasteiger partial charge in [0.05, 0.1) is 12.2 Å². The van der Waals surface area contributed by atoms with E-state index in [9.17, 15) is 4.79 Å². The highest BCUT2D eigenvalue weighted by atomic mass is 79.9. The molecular formula is C15H15BrN2O3. The maximum atomic E-state index is 12.0. The second-order valence-corrected chi connectivity index (χ2v) is 5.23. The van der Waals surface area contributed by atoms with Crippen LogP contribution in [0.2, 0.25) is 0 Å². The number of carbonyl (C=O) groups is 1. The van der Waals surface area contributed by atoms with E-state index in [1.54, 1.807) is 30.6 Å². The smallest absolute Gasteiger partial charge is 0.338 e. The van der Waals surface area contributed by atoms with Gasteiger partial charge in [-0.15, -0.1) is 0 Å². The number of esters is 1. The van der Waals surface area contributed by atoms with Crippen LogP contribution in [-0.2, 0) is 11.3 Å². The van der Waals surface area contributed by atoms with Gasteiger partial charge in [0.1, 0.15) is 12.4 Å². The molecule has 2 rings (SSSR count). The lowest BCUT2D eigenvalue weighted by molar-refractivity contribution is 0.0472. The van der Waals surface area contributed by atoms with Crippen LogP contribution in [0.3, 0.4) is 0 Å². The maximum Gasteiger partial charge on any atom is 0.338 e. The number of hydrogen-bond donors (Lipinski definition) is 1. The van der Waals surface area contributed by atoms with Crippen molar-refractivity contribution in [2.24, 2.45) is 0 Å². The fraction of sp³-hybridized carbons (Fsp3) is 0.200. The van der Waals surface area contributed by atoms with Gasteiger partial charge in [0.2, 0.25) is 0 Å². The minimum absolute atomic E-state index is 0.143. The third-order valence-corrected chi connectivity index (χ3v) is 3.04. The molecule has 21 heavy (non-hydrogen) atoms. The highest BCUT2D eigenvalue weighted by Crippen LogP contribution is 2.20. The van der Waals surface area contributed by atoms with E-state index in [-0.39, 0.29) is 6.61 Å². The van der Waals surface area contributed by atoms with Gasteiger partial charge in [-0.1, -0.05) is 0 Å². The molecule has 2 aromatic rings. The SMILES string of the molecule is CCOc1cc(N)cc(C(=O)OCc2cncc(Br)c2)c1. The summed E-state index contributed by atoms with van der Waals surface area (Å²) in [6.45, 7) is 2.51. The number of rotatable bonds is 5. The lowest BCUT2D eigenvalue weighted by Crippen LogP contribution is -2.07. The number of nitrogens with two attached hydrogens (primary N) is 1. The summed E-state index contributed by atoms with van der Waals surface area (Å²) in [6.07, 6.45) is 3.31. The third-order valence-electron chi connectivity index (χ3n) is 2.61. The Balaban J connectivity index is 2.06. The van der Waals surface area contributed by atoms with Crippen molar-refractivity contribution in [3.05, 3.63) is 52.3 Å². The monoisotopic (exact) mass is 350 g/mol. The van der Waals surface area contributed by atoms with Crippen molar-refractivity contribution in [2.45, 2.75) is 13.5 Å². The van der Waals surface area contributed by atoms with Crippen LogP contribution in [-0.4, -0.2) is 17.6 Å². The Bertz CT molecular complexity index is 647. The quantitative estimate of drug-likeness (QED) is 0.662. The Labute approximate surface area is 131 Å². The van der Waals surface area contributed by atoms with E-state index < -0.39 is 5.97 Å². The predicted molar refractivity (Wildman–Crippen MR) is 83.1 cm³/mol. The van der Waals surface area contributed by atoms with E-state index in [0.29, 0.717) is 23.6 Å². The zero-order chi connectivity index (χ0) is 15.2. The van der Waals surface area contributed by atoms with Crippen LogP contribution in [0.5, 0.6) is 5.75 Å². The van der Waals surface area contributed by atoms with Crippen molar-refractivity contribution in [2.75, 3.05) is 12.3 Å². The van der Waals surface area contributed by atoms with Gasteiger partial charge in [-0.3, -0.25) is 4.98 Å². The second kappa shape index (κ2) is 7.08. The lowest BCUT2D eigenvalue weighted by atomic mass is 10.2. The summed E-state index contributed by atoms with van der Waals surface area (Å²) in [4.78, 5) is 16.1. The van der Waals surface area contributed by atoms with Crippen LogP contribution in [0.1, 0.15) is 22.8 Å². The van der Waals surface area contributed by atoms with Gasteiger partial charge in [-0.05, 0) is 41.1 Å². The summed E-state index contributed by atoms with van der Waals surface area (Å²) in [6, 6.07) is 6.68. The Morgan fingerprint density at radius 3 is 2.81 bits per heavy atom. The molecule has 110 valence electrons. The average molecular weight is 351 g/mol. The van der Waals surface area contributed by atoms with Gasteiger partial charge in [0, 0.05) is 34.2 Å². The molecule has 0 fully saturated rings. The number of carbonyl (C=O) groups excluding carboxylic acids is 1. The van der Waals surface area contributed by atoms with Crippen molar-refractivity contribution < 1.29 is 14.3 Å². The van der Waals surface area contributed by atoms with E-state index in [0.717, 1.165) is 10.0 Å². The fourth-order valence-electron chi connectivity index (χ4n) is 1.76. The molecule has 0 atom stereocenters. The fourth-order valence-corrected chi connectivity index (χ4v) is 2.17. The number of nitrogens with zero attached hydrogens (tertiary/aromatic N) is 1. The summed E-state index contributed by atoms with van der Waals surface area (Å²) in [5, 5.41) is 0. The summed E-state index contributed by atoms with van der Waals surface area (Å²) >= 11 is 3.31. The molecule has 1 aromatic carbocycles. The molecule has 0 unspecified atom stereocenters. The number of anilines is 1. The van der Waals surface area contributed by atoms with Crippen LogP contribution >= 0.6 is 15.9 Å². The number of benzene rings is 1. The number of ether oxygens (including phenoxy) is 2. The molecule has 0 aliphatic rings. The van der Waals surface area contributed by atoms with Crippen molar-refractivity contribution in [3.63, 3.8) is 0 Å². The molecule has 0 bridgehead atoms. The summed E-state index contributed by atoms with van der Waals surface area (Å²) < 4.78 is 11.4. The number of pyridine rings is 1. The van der Waals surface area contributed by atoms with Crippen LogP contribution < -0.4 is 10.5 Å². The first-order chi connectivity index (χ1) is 10.1. The van der Waals surface area contributed by atoms with Crippen LogP contribution in [0.4, 0.5) is 5.69 Å². The van der Waals surface area contributed by atoms with Gasteiger partial charge in [-0.2, -0.15) is 0 Å². The van der Waals surface area contributed by atoms with E-state index in [2.05, 4.69) is 20.9 Å². The minimum Gasteiger partial charge on any atom is -0.494 e. The zero-order valence-electron chi connectivity index (χ0n) is 11.5. The lowest BCUT2D eigenvalue weighted by Gasteiger charge is -2.08. The van der Waals surface area contributed by atoms with Crippen LogP contribution in [0.25, 0.3) is 0 Å². The molecular weight excluding hydrogens is 336 g/mol. The first-order valence-corrected chi connectivity index (χ1v) is 7.17. The van der Waals surface area contributed by atoms with Gasteiger partial charge in [0.25, 0.3) is 0 Å². The molecule has 0 aliphatic carbocycles. The Morgan fingerprint density at radius 1 is 1.29 bits per heavy atom. The van der Waals surface area contributed by atoms with Gasteiger partial charge < -0.3 is 15.2 Å². The number of halogens is 1. The molecule has 5 nitrogen and oxygen atoms in total. The highest BCUT2D eigenvalue weighted by Gasteiger charge is 2.10. The van der Waals surface area contributed by atoms with Crippen LogP contribution in [0.15, 0.2) is 41.1 Å². The van der Waals surface area contributed by atoms with Gasteiger partial charge in [0.15, 0.2) is 0 Å². The first-order valence-electron chi connectivity index (χ1n) is 6.38. The standard InChI is InChI=1S/C15H15BrN2O3/c1-2-20-14-5-11(4-13(17)6-14)15(19)21-9-10-3-12(16)8-18-7-10/h3-8H,2,9,17H2,1H3. The maximum absolute atomic E-state index is 12.0. The zero-order valence-corrected chi connectivity index (χ0v) is 13.1. The van der Waals surface area contributed by atoms with Gasteiger partial charge >= 0.3 is 5.97 Å². The predicted octanol–water partition coefficient (Wildman–Crippen LogP) is 3.18. The largest absolute Gasteiger partial charge is 0.494 e. The molecule has 0 spiro atoms. The summed E-state index contributed by atoms with van der Waals surface area (Å²) in [7, 11) is 0. The first kappa shape index (κ1) is 15.3. The molecule has 6 heteroatoms. The molecule has 2 N–H and O–H groups in total. The van der Waals surface area contributed by atoms with Crippen molar-refractivity contribution in [1.29, 1.82) is 0 Å². The normalized spacial score (nSPS) is 10.2. The number of hydrogen-bond acceptors (Lipinski definition) is 5. The third kappa shape index (κ3) is 4.46. The van der Waals surface area contributed by atoms with Crippen molar-refractivity contribution in [3.8, 4) is 5.75 Å². The minimum atomic E-state index is -0.455. The van der Waals surface area contributed by atoms with Gasteiger partial charge in [-0.25, -0.2) is 4.79 Å². The second-order valence-electron chi connectivity index (χ2n) is 4.31. The molecule has 0 saturated heterocycles. The molecule has 0 radical (unpaired) electrons. The molecule has 1 heterocycles. The topological polar surface area (TPSA) is 74.4 Å². The Kier molecular flexibility index (Phi) is 5.16. The molecule has 0 amide bonds.